The zero-order chi connectivity index (χ0) is 19.1. The second kappa shape index (κ2) is 6.42. The number of ether oxygens (including phenoxy) is 1. The average molecular weight is 359 g/mol. The van der Waals surface area contributed by atoms with Crippen LogP contribution in [0.25, 0.3) is 11.1 Å². The fourth-order valence-electron chi connectivity index (χ4n) is 4.39. The lowest BCUT2D eigenvalue weighted by molar-refractivity contribution is -0.0580. The predicted octanol–water partition coefficient (Wildman–Crippen LogP) is 4.30. The van der Waals surface area contributed by atoms with Crippen molar-refractivity contribution in [2.45, 2.75) is 57.6 Å². The molecule has 2 heterocycles. The van der Waals surface area contributed by atoms with E-state index in [1.165, 1.54) is 17.5 Å². The van der Waals surface area contributed by atoms with Crippen LogP contribution in [-0.2, 0) is 10.3 Å². The van der Waals surface area contributed by atoms with E-state index in [2.05, 4.69) is 54.9 Å². The Morgan fingerprint density at radius 1 is 1.15 bits per heavy atom. The molecular weight excluding hydrogens is 334 g/mol. The van der Waals surface area contributed by atoms with Gasteiger partial charge in [-0.05, 0) is 68.9 Å². The first-order chi connectivity index (χ1) is 12.9. The summed E-state index contributed by atoms with van der Waals surface area (Å²) < 4.78 is 5.93. The second-order valence-electron chi connectivity index (χ2n) is 7.91. The Hall–Kier alpha value is -2.80. The minimum atomic E-state index is -0.378. The van der Waals surface area contributed by atoms with Gasteiger partial charge < -0.3 is 10.5 Å². The zero-order valence-electron chi connectivity index (χ0n) is 16.2. The van der Waals surface area contributed by atoms with E-state index in [1.807, 2.05) is 13.1 Å². The number of hydrogen-bond donors (Lipinski definition) is 1. The number of aryl methyl sites for hydroxylation is 1. The lowest BCUT2D eigenvalue weighted by Gasteiger charge is -2.49. The van der Waals surface area contributed by atoms with Gasteiger partial charge in [0, 0.05) is 29.9 Å². The molecule has 4 rings (SSSR count). The van der Waals surface area contributed by atoms with E-state index in [1.54, 1.807) is 6.20 Å². The van der Waals surface area contributed by atoms with E-state index in [4.69, 9.17) is 15.5 Å². The van der Waals surface area contributed by atoms with Crippen LogP contribution < -0.4 is 5.73 Å². The number of nitrogens with two attached hydrogens (primary N) is 1. The van der Waals surface area contributed by atoms with E-state index in [0.29, 0.717) is 6.02 Å². The highest BCUT2D eigenvalue weighted by atomic mass is 16.5. The minimum Gasteiger partial charge on any atom is -0.459 e. The first-order valence-corrected chi connectivity index (χ1v) is 9.47. The highest BCUT2D eigenvalue weighted by Crippen LogP contribution is 2.49. The summed E-state index contributed by atoms with van der Waals surface area (Å²) >= 11 is 0. The molecule has 0 radical (unpaired) electrons. The molecule has 1 aromatic carbocycles. The van der Waals surface area contributed by atoms with Crippen molar-refractivity contribution in [1.29, 1.82) is 0 Å². The predicted molar refractivity (Wildman–Crippen MR) is 108 cm³/mol. The lowest BCUT2D eigenvalue weighted by Crippen LogP contribution is -2.52. The standard InChI is InChI=1S/C23H25N3O/c1-4-6-17-11-19(14-25-13-17)18-8-7-16(2)20(12-18)22(3)15-23(9-5-10-23)27-21(24)26-22/h7-8,11-14H,5,9-10,15H2,1-3H3,(H2,24,26). The van der Waals surface area contributed by atoms with E-state index in [0.717, 1.165) is 36.0 Å². The van der Waals surface area contributed by atoms with Crippen LogP contribution in [-0.4, -0.2) is 16.6 Å². The van der Waals surface area contributed by atoms with Crippen molar-refractivity contribution in [3.8, 4) is 23.0 Å². The first kappa shape index (κ1) is 17.6. The van der Waals surface area contributed by atoms with Crippen LogP contribution in [0.3, 0.4) is 0 Å². The SMILES string of the molecule is CC#Cc1cncc(-c2ccc(C)c(C3(C)CC4(CCC4)OC(N)=N3)c2)c1. The molecule has 27 heavy (non-hydrogen) atoms. The summed E-state index contributed by atoms with van der Waals surface area (Å²) in [5, 5.41) is 0. The molecule has 1 aromatic heterocycles. The van der Waals surface area contributed by atoms with Crippen molar-refractivity contribution < 1.29 is 4.74 Å². The van der Waals surface area contributed by atoms with Gasteiger partial charge in [0.2, 0.25) is 0 Å². The normalized spacial score (nSPS) is 22.9. The van der Waals surface area contributed by atoms with Gasteiger partial charge in [-0.25, -0.2) is 4.99 Å². The van der Waals surface area contributed by atoms with Gasteiger partial charge in [-0.2, -0.15) is 0 Å². The highest BCUT2D eigenvalue weighted by Gasteiger charge is 2.49. The Balaban J connectivity index is 1.77. The average Bonchev–Trinajstić information content (AvgIpc) is 2.60. The third-order valence-corrected chi connectivity index (χ3v) is 5.77. The van der Waals surface area contributed by atoms with E-state index < -0.39 is 0 Å². The van der Waals surface area contributed by atoms with Crippen LogP contribution >= 0.6 is 0 Å². The lowest BCUT2D eigenvalue weighted by atomic mass is 9.69. The van der Waals surface area contributed by atoms with Gasteiger partial charge in [0.25, 0.3) is 6.02 Å². The zero-order valence-corrected chi connectivity index (χ0v) is 16.2. The van der Waals surface area contributed by atoms with E-state index >= 15 is 0 Å². The van der Waals surface area contributed by atoms with Gasteiger partial charge >= 0.3 is 0 Å². The fourth-order valence-corrected chi connectivity index (χ4v) is 4.39. The van der Waals surface area contributed by atoms with Crippen molar-refractivity contribution in [2.75, 3.05) is 0 Å². The number of aliphatic imine (C=N–C) groups is 1. The van der Waals surface area contributed by atoms with Crippen LogP contribution in [0.1, 0.15) is 56.2 Å². The van der Waals surface area contributed by atoms with Crippen molar-refractivity contribution in [1.82, 2.24) is 4.98 Å². The van der Waals surface area contributed by atoms with Gasteiger partial charge in [0.05, 0.1) is 5.54 Å². The summed E-state index contributed by atoms with van der Waals surface area (Å²) in [5.74, 6) is 6.01. The molecule has 1 unspecified atom stereocenters. The molecule has 1 spiro atoms. The van der Waals surface area contributed by atoms with Crippen LogP contribution in [0.2, 0.25) is 0 Å². The van der Waals surface area contributed by atoms with Crippen LogP contribution in [0.4, 0.5) is 0 Å². The monoisotopic (exact) mass is 359 g/mol. The number of rotatable bonds is 2. The van der Waals surface area contributed by atoms with Gasteiger partial charge in [0.1, 0.15) is 5.60 Å². The maximum absolute atomic E-state index is 6.09. The van der Waals surface area contributed by atoms with Crippen molar-refractivity contribution >= 4 is 6.02 Å². The van der Waals surface area contributed by atoms with Crippen LogP contribution in [0.15, 0.2) is 41.7 Å². The van der Waals surface area contributed by atoms with Crippen LogP contribution in [0, 0.1) is 18.8 Å². The van der Waals surface area contributed by atoms with Gasteiger partial charge in [-0.15, -0.1) is 5.92 Å². The summed E-state index contributed by atoms with van der Waals surface area (Å²) in [4.78, 5) is 9.09. The smallest absolute Gasteiger partial charge is 0.283 e. The molecule has 4 nitrogen and oxygen atoms in total. The number of aromatic nitrogens is 1. The molecule has 1 aliphatic heterocycles. The molecule has 2 aromatic rings. The summed E-state index contributed by atoms with van der Waals surface area (Å²) in [6.07, 6.45) is 7.84. The maximum Gasteiger partial charge on any atom is 0.283 e. The molecule has 1 aliphatic carbocycles. The maximum atomic E-state index is 6.09. The summed E-state index contributed by atoms with van der Waals surface area (Å²) in [6.45, 7) is 6.14. The Labute approximate surface area is 160 Å². The quantitative estimate of drug-likeness (QED) is 0.813. The van der Waals surface area contributed by atoms with Crippen molar-refractivity contribution in [2.24, 2.45) is 10.7 Å². The van der Waals surface area contributed by atoms with Crippen molar-refractivity contribution in [3.05, 3.63) is 53.3 Å². The molecule has 0 amide bonds. The van der Waals surface area contributed by atoms with Gasteiger partial charge in [0.15, 0.2) is 0 Å². The number of amidine groups is 1. The van der Waals surface area contributed by atoms with Crippen LogP contribution in [0.5, 0.6) is 0 Å². The molecule has 2 aliphatic rings. The Morgan fingerprint density at radius 3 is 2.67 bits per heavy atom. The molecular formula is C23H25N3O. The molecule has 2 N–H and O–H groups in total. The number of nitrogens with zero attached hydrogens (tertiary/aromatic N) is 2. The van der Waals surface area contributed by atoms with E-state index in [9.17, 15) is 0 Å². The molecule has 0 bridgehead atoms. The number of pyridine rings is 1. The molecule has 1 atom stereocenters. The molecule has 138 valence electrons. The summed E-state index contributed by atoms with van der Waals surface area (Å²) in [5.41, 5.74) is 11.1. The number of benzene rings is 1. The third-order valence-electron chi connectivity index (χ3n) is 5.77. The Morgan fingerprint density at radius 2 is 1.96 bits per heavy atom. The van der Waals surface area contributed by atoms with Crippen molar-refractivity contribution in [3.63, 3.8) is 0 Å². The molecule has 1 saturated carbocycles. The highest BCUT2D eigenvalue weighted by molar-refractivity contribution is 5.74. The number of hydrogen-bond acceptors (Lipinski definition) is 4. The largest absolute Gasteiger partial charge is 0.459 e. The summed E-state index contributed by atoms with van der Waals surface area (Å²) in [6, 6.07) is 8.91. The Bertz CT molecular complexity index is 979. The second-order valence-corrected chi connectivity index (χ2v) is 7.91. The van der Waals surface area contributed by atoms with Gasteiger partial charge in [-0.3, -0.25) is 4.98 Å². The molecule has 0 saturated heterocycles. The van der Waals surface area contributed by atoms with Gasteiger partial charge in [-0.1, -0.05) is 18.1 Å². The fraction of sp³-hybridized carbons (Fsp3) is 0.391. The van der Waals surface area contributed by atoms with E-state index in [-0.39, 0.29) is 11.1 Å². The molecule has 1 fully saturated rings. The third kappa shape index (κ3) is 3.19. The minimum absolute atomic E-state index is 0.138. The Kier molecular flexibility index (Phi) is 4.19. The first-order valence-electron chi connectivity index (χ1n) is 9.47. The topological polar surface area (TPSA) is 60.5 Å². The molecule has 4 heteroatoms. The summed E-state index contributed by atoms with van der Waals surface area (Å²) in [7, 11) is 0.